The Morgan fingerprint density at radius 2 is 1.68 bits per heavy atom. The minimum Gasteiger partial charge on any atom is -0.346 e. The number of benzene rings is 3. The number of hydrogen-bond acceptors (Lipinski definition) is 4. The number of amides is 2. The highest BCUT2D eigenvalue weighted by atomic mass is 32.2. The van der Waals surface area contributed by atoms with Crippen LogP contribution in [0.1, 0.15) is 47.8 Å². The van der Waals surface area contributed by atoms with Crippen molar-refractivity contribution in [3.8, 4) is 0 Å². The van der Waals surface area contributed by atoms with E-state index in [0.29, 0.717) is 17.7 Å². The fraction of sp³-hybridized carbons (Fsp3) is 0.200. The first-order chi connectivity index (χ1) is 16.1. The SMILES string of the molecule is CCC(=O)Nc1ccc(C(C)NC(=O)c2cccc(NS(=O)(=O)c3ccc(C)c(F)c3)c2)cc1. The quantitative estimate of drug-likeness (QED) is 0.429. The molecule has 0 saturated carbocycles. The van der Waals surface area contributed by atoms with Crippen molar-refractivity contribution in [2.24, 2.45) is 0 Å². The fourth-order valence-corrected chi connectivity index (χ4v) is 4.21. The molecule has 0 aliphatic carbocycles. The van der Waals surface area contributed by atoms with E-state index in [1.807, 2.05) is 19.1 Å². The van der Waals surface area contributed by atoms with Crippen molar-refractivity contribution in [3.63, 3.8) is 0 Å². The van der Waals surface area contributed by atoms with Gasteiger partial charge in [-0.3, -0.25) is 14.3 Å². The van der Waals surface area contributed by atoms with Crippen molar-refractivity contribution in [1.29, 1.82) is 0 Å². The minimum absolute atomic E-state index is 0.0860. The van der Waals surface area contributed by atoms with Crippen LogP contribution in [0.5, 0.6) is 0 Å². The number of anilines is 2. The first-order valence-electron chi connectivity index (χ1n) is 10.7. The lowest BCUT2D eigenvalue weighted by Crippen LogP contribution is -2.26. The van der Waals surface area contributed by atoms with Crippen LogP contribution in [-0.4, -0.2) is 20.2 Å². The molecule has 0 bridgehead atoms. The van der Waals surface area contributed by atoms with E-state index in [1.165, 1.54) is 24.3 Å². The average Bonchev–Trinajstić information content (AvgIpc) is 2.81. The largest absolute Gasteiger partial charge is 0.346 e. The topological polar surface area (TPSA) is 104 Å². The van der Waals surface area contributed by atoms with E-state index in [9.17, 15) is 22.4 Å². The maximum Gasteiger partial charge on any atom is 0.261 e. The zero-order valence-electron chi connectivity index (χ0n) is 19.1. The lowest BCUT2D eigenvalue weighted by Gasteiger charge is -2.16. The van der Waals surface area contributed by atoms with Crippen molar-refractivity contribution in [1.82, 2.24) is 5.32 Å². The van der Waals surface area contributed by atoms with Gasteiger partial charge in [0.1, 0.15) is 5.82 Å². The van der Waals surface area contributed by atoms with Crippen molar-refractivity contribution in [2.75, 3.05) is 10.0 Å². The number of carbonyl (C=O) groups excluding carboxylic acids is 2. The van der Waals surface area contributed by atoms with Crippen LogP contribution in [0.25, 0.3) is 0 Å². The average molecular weight is 484 g/mol. The second-order valence-electron chi connectivity index (χ2n) is 7.82. The molecule has 7 nitrogen and oxygen atoms in total. The molecule has 3 N–H and O–H groups in total. The predicted molar refractivity (Wildman–Crippen MR) is 130 cm³/mol. The number of sulfonamides is 1. The van der Waals surface area contributed by atoms with Crippen molar-refractivity contribution < 1.29 is 22.4 Å². The van der Waals surface area contributed by atoms with Crippen LogP contribution in [0.3, 0.4) is 0 Å². The van der Waals surface area contributed by atoms with Crippen LogP contribution in [0.15, 0.2) is 71.6 Å². The second kappa shape index (κ2) is 10.5. The van der Waals surface area contributed by atoms with E-state index in [1.54, 1.807) is 38.1 Å². The Kier molecular flexibility index (Phi) is 7.68. The summed E-state index contributed by atoms with van der Waals surface area (Å²) >= 11 is 0. The van der Waals surface area contributed by atoms with Crippen molar-refractivity contribution in [3.05, 3.63) is 89.2 Å². The maximum atomic E-state index is 13.8. The summed E-state index contributed by atoms with van der Waals surface area (Å²) in [5.74, 6) is -1.10. The molecule has 0 saturated heterocycles. The molecule has 0 fully saturated rings. The molecule has 1 atom stereocenters. The van der Waals surface area contributed by atoms with Crippen LogP contribution >= 0.6 is 0 Å². The zero-order chi connectivity index (χ0) is 24.9. The fourth-order valence-electron chi connectivity index (χ4n) is 3.15. The summed E-state index contributed by atoms with van der Waals surface area (Å²) in [6.07, 6.45) is 0.380. The monoisotopic (exact) mass is 483 g/mol. The van der Waals surface area contributed by atoms with Crippen LogP contribution in [0.2, 0.25) is 0 Å². The third-order valence-electron chi connectivity index (χ3n) is 5.19. The number of rotatable bonds is 8. The smallest absolute Gasteiger partial charge is 0.261 e. The predicted octanol–water partition coefficient (Wildman–Crippen LogP) is 4.77. The van der Waals surface area contributed by atoms with Gasteiger partial charge in [-0.15, -0.1) is 0 Å². The van der Waals surface area contributed by atoms with Gasteiger partial charge in [-0.2, -0.15) is 0 Å². The Balaban J connectivity index is 1.69. The van der Waals surface area contributed by atoms with E-state index >= 15 is 0 Å². The third kappa shape index (κ3) is 6.20. The summed E-state index contributed by atoms with van der Waals surface area (Å²) in [6, 6.07) is 16.5. The number of nitrogens with one attached hydrogen (secondary N) is 3. The molecule has 0 heterocycles. The number of halogens is 1. The molecular formula is C25H26FN3O4S. The number of hydrogen-bond donors (Lipinski definition) is 3. The lowest BCUT2D eigenvalue weighted by atomic mass is 10.1. The van der Waals surface area contributed by atoms with Gasteiger partial charge in [0.05, 0.1) is 10.9 Å². The maximum absolute atomic E-state index is 13.8. The first kappa shape index (κ1) is 24.9. The zero-order valence-corrected chi connectivity index (χ0v) is 19.9. The van der Waals surface area contributed by atoms with Crippen LogP contribution < -0.4 is 15.4 Å². The summed E-state index contributed by atoms with van der Waals surface area (Å²) < 4.78 is 41.4. The lowest BCUT2D eigenvalue weighted by molar-refractivity contribution is -0.115. The van der Waals surface area contributed by atoms with Gasteiger partial charge in [0.2, 0.25) is 5.91 Å². The van der Waals surface area contributed by atoms with E-state index < -0.39 is 21.7 Å². The summed E-state index contributed by atoms with van der Waals surface area (Å²) in [5.41, 5.74) is 2.28. The second-order valence-corrected chi connectivity index (χ2v) is 9.50. The van der Waals surface area contributed by atoms with Gasteiger partial charge in [0.15, 0.2) is 0 Å². The summed E-state index contributed by atoms with van der Waals surface area (Å²) in [7, 11) is -4.03. The normalized spacial score (nSPS) is 12.0. The van der Waals surface area contributed by atoms with E-state index in [-0.39, 0.29) is 28.1 Å². The highest BCUT2D eigenvalue weighted by molar-refractivity contribution is 7.92. The molecule has 0 aliphatic rings. The first-order valence-corrected chi connectivity index (χ1v) is 12.2. The van der Waals surface area contributed by atoms with E-state index in [4.69, 9.17) is 0 Å². The number of aryl methyl sites for hydroxylation is 1. The van der Waals surface area contributed by atoms with E-state index in [0.717, 1.165) is 11.6 Å². The molecule has 3 aromatic rings. The van der Waals surface area contributed by atoms with Gasteiger partial charge in [0.25, 0.3) is 15.9 Å². The Bertz CT molecular complexity index is 1310. The van der Waals surface area contributed by atoms with Gasteiger partial charge in [0, 0.05) is 23.4 Å². The molecule has 9 heteroatoms. The molecule has 0 spiro atoms. The molecule has 0 aliphatic heterocycles. The Morgan fingerprint density at radius 1 is 0.971 bits per heavy atom. The number of carbonyl (C=O) groups is 2. The van der Waals surface area contributed by atoms with Gasteiger partial charge in [-0.1, -0.05) is 31.2 Å². The molecule has 3 aromatic carbocycles. The Labute approximate surface area is 198 Å². The highest BCUT2D eigenvalue weighted by Gasteiger charge is 2.17. The highest BCUT2D eigenvalue weighted by Crippen LogP contribution is 2.21. The molecule has 2 amide bonds. The third-order valence-corrected chi connectivity index (χ3v) is 6.57. The van der Waals surface area contributed by atoms with E-state index in [2.05, 4.69) is 15.4 Å². The van der Waals surface area contributed by atoms with Gasteiger partial charge in [-0.25, -0.2) is 12.8 Å². The molecular weight excluding hydrogens is 457 g/mol. The van der Waals surface area contributed by atoms with Crippen LogP contribution in [-0.2, 0) is 14.8 Å². The van der Waals surface area contributed by atoms with Crippen LogP contribution in [0, 0.1) is 12.7 Å². The molecule has 34 heavy (non-hydrogen) atoms. The molecule has 0 radical (unpaired) electrons. The summed E-state index contributed by atoms with van der Waals surface area (Å²) in [6.45, 7) is 5.13. The summed E-state index contributed by atoms with van der Waals surface area (Å²) in [4.78, 5) is 24.0. The van der Waals surface area contributed by atoms with Gasteiger partial charge >= 0.3 is 0 Å². The summed E-state index contributed by atoms with van der Waals surface area (Å²) in [5, 5.41) is 5.63. The van der Waals surface area contributed by atoms with Crippen molar-refractivity contribution >= 4 is 33.2 Å². The minimum atomic E-state index is -4.03. The van der Waals surface area contributed by atoms with Gasteiger partial charge < -0.3 is 10.6 Å². The molecule has 3 rings (SSSR count). The molecule has 178 valence electrons. The molecule has 1 unspecified atom stereocenters. The standard InChI is InChI=1S/C25H26FN3O4S/c1-4-24(30)28-20-11-9-18(10-12-20)17(3)27-25(31)19-6-5-7-21(14-19)29-34(32,33)22-13-8-16(2)23(26)15-22/h5-15,17,29H,4H2,1-3H3,(H,27,31)(H,28,30). The Morgan fingerprint density at radius 3 is 2.32 bits per heavy atom. The molecule has 0 aromatic heterocycles. The van der Waals surface area contributed by atoms with Crippen molar-refractivity contribution in [2.45, 2.75) is 38.1 Å². The Hall–Kier alpha value is -3.72. The van der Waals surface area contributed by atoms with Crippen LogP contribution in [0.4, 0.5) is 15.8 Å². The van der Waals surface area contributed by atoms with Gasteiger partial charge in [-0.05, 0) is 67.4 Å².